The standard InChI is InChI=1S/C7H10N2O2.C6H9N3O2/c1-5(9-11)7-2-6(4-10)3-8-7;1-4(9-11)6-7-2-5(3-10)8-6/h3,10-11H,2,4H2,1H3;2,10-11H,3H2,1H3,(H,7,8). The molecule has 5 N–H and O–H groups in total. The second-order valence-corrected chi connectivity index (χ2v) is 4.48. The molecule has 0 fully saturated rings. The number of rotatable bonds is 4. The van der Waals surface area contributed by atoms with Crippen molar-refractivity contribution >= 4 is 17.1 Å². The molecule has 1 aliphatic heterocycles. The van der Waals surface area contributed by atoms with E-state index in [-0.39, 0.29) is 13.2 Å². The Labute approximate surface area is 127 Å². The van der Waals surface area contributed by atoms with Gasteiger partial charge in [0, 0.05) is 12.6 Å². The smallest absolute Gasteiger partial charge is 0.155 e. The summed E-state index contributed by atoms with van der Waals surface area (Å²) in [6.07, 6.45) is 3.68. The highest BCUT2D eigenvalue weighted by molar-refractivity contribution is 6.42. The second-order valence-electron chi connectivity index (χ2n) is 4.48. The molecular formula is C13H19N5O4. The highest BCUT2D eigenvalue weighted by Crippen LogP contribution is 2.11. The number of imidazole rings is 1. The number of aliphatic hydroxyl groups is 2. The van der Waals surface area contributed by atoms with Gasteiger partial charge in [0.2, 0.25) is 0 Å². The topological polar surface area (TPSA) is 147 Å². The van der Waals surface area contributed by atoms with Crippen LogP contribution in [0.1, 0.15) is 31.8 Å². The molecular weight excluding hydrogens is 290 g/mol. The third kappa shape index (κ3) is 4.79. The number of hydrogen-bond donors (Lipinski definition) is 5. The van der Waals surface area contributed by atoms with Crippen LogP contribution in [0.25, 0.3) is 0 Å². The van der Waals surface area contributed by atoms with Crippen molar-refractivity contribution in [3.8, 4) is 0 Å². The van der Waals surface area contributed by atoms with Crippen LogP contribution in [-0.4, -0.2) is 54.3 Å². The molecule has 0 amide bonds. The molecule has 1 aromatic heterocycles. The molecule has 2 heterocycles. The fourth-order valence-electron chi connectivity index (χ4n) is 1.52. The van der Waals surface area contributed by atoms with Gasteiger partial charge in [-0.05, 0) is 19.4 Å². The molecule has 0 aliphatic carbocycles. The van der Waals surface area contributed by atoms with Gasteiger partial charge in [0.1, 0.15) is 5.71 Å². The van der Waals surface area contributed by atoms with Crippen LogP contribution < -0.4 is 0 Å². The highest BCUT2D eigenvalue weighted by atomic mass is 16.4. The SMILES string of the molecule is CC(=NO)C1=NC=C(CO)C1.CC(=NO)c1ncc(CO)[nH]1. The Bertz CT molecular complexity index is 616. The minimum atomic E-state index is -0.0916. The predicted molar refractivity (Wildman–Crippen MR) is 80.6 cm³/mol. The number of oxime groups is 2. The summed E-state index contributed by atoms with van der Waals surface area (Å²) in [6, 6.07) is 0. The molecule has 0 spiro atoms. The van der Waals surface area contributed by atoms with Crippen LogP contribution in [0.5, 0.6) is 0 Å². The van der Waals surface area contributed by atoms with Gasteiger partial charge in [0.05, 0.1) is 36.5 Å². The van der Waals surface area contributed by atoms with Crippen molar-refractivity contribution < 1.29 is 20.6 Å². The van der Waals surface area contributed by atoms with Gasteiger partial charge >= 0.3 is 0 Å². The van der Waals surface area contributed by atoms with Gasteiger partial charge < -0.3 is 25.6 Å². The fraction of sp³-hybridized carbons (Fsp3) is 0.385. The van der Waals surface area contributed by atoms with E-state index in [4.69, 9.17) is 20.6 Å². The average molecular weight is 309 g/mol. The maximum atomic E-state index is 8.69. The molecule has 0 unspecified atom stereocenters. The highest BCUT2D eigenvalue weighted by Gasteiger charge is 2.11. The molecule has 1 aliphatic rings. The quantitative estimate of drug-likeness (QED) is 0.315. The molecule has 9 nitrogen and oxygen atoms in total. The maximum absolute atomic E-state index is 8.69. The van der Waals surface area contributed by atoms with Crippen molar-refractivity contribution in [3.63, 3.8) is 0 Å². The lowest BCUT2D eigenvalue weighted by molar-refractivity contribution is 0.277. The van der Waals surface area contributed by atoms with Crippen molar-refractivity contribution in [3.05, 3.63) is 29.5 Å². The lowest BCUT2D eigenvalue weighted by Gasteiger charge is -1.96. The number of H-pyrrole nitrogens is 1. The van der Waals surface area contributed by atoms with Gasteiger partial charge in [-0.25, -0.2) is 4.98 Å². The van der Waals surface area contributed by atoms with Gasteiger partial charge in [0.25, 0.3) is 0 Å². The van der Waals surface area contributed by atoms with Gasteiger partial charge in [-0.2, -0.15) is 0 Å². The molecule has 120 valence electrons. The molecule has 0 atom stereocenters. The minimum absolute atomic E-state index is 0.0196. The first kappa shape index (κ1) is 17.5. The second kappa shape index (κ2) is 8.70. The summed E-state index contributed by atoms with van der Waals surface area (Å²) in [5.74, 6) is 0.469. The Morgan fingerprint density at radius 3 is 2.32 bits per heavy atom. The molecule has 0 bridgehead atoms. The first-order valence-corrected chi connectivity index (χ1v) is 6.43. The molecule has 0 aromatic carbocycles. The number of aromatic nitrogens is 2. The van der Waals surface area contributed by atoms with Crippen LogP contribution in [0.15, 0.2) is 33.3 Å². The summed E-state index contributed by atoms with van der Waals surface area (Å²) in [4.78, 5) is 10.6. The molecule has 1 aromatic rings. The van der Waals surface area contributed by atoms with Crippen molar-refractivity contribution in [1.82, 2.24) is 9.97 Å². The average Bonchev–Trinajstić information content (AvgIpc) is 3.22. The third-order valence-corrected chi connectivity index (χ3v) is 2.86. The number of aliphatic hydroxyl groups excluding tert-OH is 2. The largest absolute Gasteiger partial charge is 0.411 e. The van der Waals surface area contributed by atoms with Crippen LogP contribution in [-0.2, 0) is 6.61 Å². The lowest BCUT2D eigenvalue weighted by Crippen LogP contribution is -2.08. The van der Waals surface area contributed by atoms with Crippen LogP contribution in [0, 0.1) is 0 Å². The predicted octanol–water partition coefficient (Wildman–Crippen LogP) is 0.658. The normalized spacial score (nSPS) is 15.1. The van der Waals surface area contributed by atoms with Crippen LogP contribution >= 0.6 is 0 Å². The Balaban J connectivity index is 0.000000220. The molecule has 22 heavy (non-hydrogen) atoms. The monoisotopic (exact) mass is 309 g/mol. The number of nitrogens with one attached hydrogen (secondary N) is 1. The molecule has 0 saturated heterocycles. The van der Waals surface area contributed by atoms with Gasteiger partial charge in [0.15, 0.2) is 5.82 Å². The zero-order valence-electron chi connectivity index (χ0n) is 12.4. The minimum Gasteiger partial charge on any atom is -0.411 e. The zero-order valence-corrected chi connectivity index (χ0v) is 12.4. The Hall–Kier alpha value is -2.52. The van der Waals surface area contributed by atoms with Gasteiger partial charge in [-0.1, -0.05) is 10.3 Å². The van der Waals surface area contributed by atoms with E-state index in [1.54, 1.807) is 20.0 Å². The Morgan fingerprint density at radius 2 is 1.86 bits per heavy atom. The first-order valence-electron chi connectivity index (χ1n) is 6.43. The van der Waals surface area contributed by atoms with Crippen molar-refractivity contribution in [1.29, 1.82) is 0 Å². The van der Waals surface area contributed by atoms with Crippen LogP contribution in [0.4, 0.5) is 0 Å². The van der Waals surface area contributed by atoms with E-state index in [1.807, 2.05) is 0 Å². The molecule has 9 heteroatoms. The van der Waals surface area contributed by atoms with Gasteiger partial charge in [-0.15, -0.1) is 0 Å². The van der Waals surface area contributed by atoms with Crippen molar-refractivity contribution in [2.45, 2.75) is 26.9 Å². The maximum Gasteiger partial charge on any atom is 0.155 e. The van der Waals surface area contributed by atoms with E-state index in [2.05, 4.69) is 25.3 Å². The summed E-state index contributed by atoms with van der Waals surface area (Å²) < 4.78 is 0. The summed E-state index contributed by atoms with van der Waals surface area (Å²) in [6.45, 7) is 3.21. The van der Waals surface area contributed by atoms with E-state index >= 15 is 0 Å². The van der Waals surface area contributed by atoms with Crippen LogP contribution in [0.2, 0.25) is 0 Å². The Kier molecular flexibility index (Phi) is 6.93. The lowest BCUT2D eigenvalue weighted by atomic mass is 10.1. The number of nitrogens with zero attached hydrogens (tertiary/aromatic N) is 4. The summed E-state index contributed by atoms with van der Waals surface area (Å²) >= 11 is 0. The third-order valence-electron chi connectivity index (χ3n) is 2.86. The van der Waals surface area contributed by atoms with Crippen molar-refractivity contribution in [2.24, 2.45) is 15.3 Å². The zero-order chi connectivity index (χ0) is 16.5. The van der Waals surface area contributed by atoms with E-state index in [1.165, 1.54) is 6.20 Å². The molecule has 0 saturated carbocycles. The number of aliphatic imine (C=N–C) groups is 1. The van der Waals surface area contributed by atoms with E-state index in [0.717, 1.165) is 11.3 Å². The summed E-state index contributed by atoms with van der Waals surface area (Å²) in [7, 11) is 0. The first-order chi connectivity index (χ1) is 10.5. The van der Waals surface area contributed by atoms with E-state index < -0.39 is 0 Å². The number of hydrogen-bond acceptors (Lipinski definition) is 8. The summed E-state index contributed by atoms with van der Waals surface area (Å²) in [5, 5.41) is 40.0. The fourth-order valence-corrected chi connectivity index (χ4v) is 1.52. The van der Waals surface area contributed by atoms with E-state index in [0.29, 0.717) is 29.4 Å². The summed E-state index contributed by atoms with van der Waals surface area (Å²) in [5.41, 5.74) is 3.07. The van der Waals surface area contributed by atoms with E-state index in [9.17, 15) is 0 Å². The number of aromatic amines is 1. The van der Waals surface area contributed by atoms with Crippen LogP contribution in [0.3, 0.4) is 0 Å². The molecule has 0 radical (unpaired) electrons. The molecule has 2 rings (SSSR count). The van der Waals surface area contributed by atoms with Crippen molar-refractivity contribution in [2.75, 3.05) is 6.61 Å². The Morgan fingerprint density at radius 1 is 1.18 bits per heavy atom. The van der Waals surface area contributed by atoms with Gasteiger partial charge in [-0.3, -0.25) is 4.99 Å².